The lowest BCUT2D eigenvalue weighted by molar-refractivity contribution is 0.227. The van der Waals surface area contributed by atoms with Gasteiger partial charge in [0.1, 0.15) is 17.5 Å². The second-order valence-corrected chi connectivity index (χ2v) is 8.83. The van der Waals surface area contributed by atoms with Crippen LogP contribution in [0.3, 0.4) is 0 Å². The van der Waals surface area contributed by atoms with Gasteiger partial charge < -0.3 is 14.8 Å². The van der Waals surface area contributed by atoms with E-state index in [4.69, 9.17) is 32.7 Å². The molecule has 4 aromatic heterocycles. The van der Waals surface area contributed by atoms with Crippen LogP contribution in [0.25, 0.3) is 22.2 Å². The highest BCUT2D eigenvalue weighted by Crippen LogP contribution is 2.36. The maximum Gasteiger partial charge on any atom is 0.237 e. The predicted octanol–water partition coefficient (Wildman–Crippen LogP) is 6.48. The molecule has 1 aromatic carbocycles. The Bertz CT molecular complexity index is 1490. The fourth-order valence-electron chi connectivity index (χ4n) is 3.92. The van der Waals surface area contributed by atoms with Crippen molar-refractivity contribution in [2.45, 2.75) is 19.6 Å². The van der Waals surface area contributed by atoms with Crippen LogP contribution in [-0.4, -0.2) is 32.3 Å². The van der Waals surface area contributed by atoms with E-state index in [9.17, 15) is 0 Å². The maximum atomic E-state index is 6.31. The molecule has 0 unspecified atom stereocenters. The first kappa shape index (κ1) is 23.8. The molecule has 0 aliphatic carbocycles. The molecule has 0 saturated carbocycles. The Hall–Kier alpha value is -3.88. The van der Waals surface area contributed by atoms with Crippen molar-refractivity contribution in [3.63, 3.8) is 0 Å². The Morgan fingerprint density at radius 3 is 2.61 bits per heavy atom. The van der Waals surface area contributed by atoms with Crippen LogP contribution in [-0.2, 0) is 6.54 Å². The average Bonchev–Trinajstić information content (AvgIpc) is 3.31. The number of methoxy groups -OCH3 is 1. The van der Waals surface area contributed by atoms with Crippen molar-refractivity contribution >= 4 is 39.8 Å². The standard InChI is InChI=1S/C26H22Cl2N6O2/c1-15(24-20(27)13-29-14-21(24)28)36-18-6-7-22-19(10-18)25(34-33-22)16-9-23(26(35-2)32-11-16)31-12-17-5-3-4-8-30-17/h3-11,13-15,31H,12H2,1-2H3,(H,33,34)/t15-/m1/s1. The molecule has 1 atom stereocenters. The molecule has 4 heterocycles. The molecule has 0 fully saturated rings. The van der Waals surface area contributed by atoms with E-state index >= 15 is 0 Å². The van der Waals surface area contributed by atoms with E-state index in [1.807, 2.05) is 49.4 Å². The van der Waals surface area contributed by atoms with Crippen molar-refractivity contribution in [3.8, 4) is 22.9 Å². The molecule has 10 heteroatoms. The molecule has 0 bridgehead atoms. The summed E-state index contributed by atoms with van der Waals surface area (Å²) in [7, 11) is 1.59. The molecule has 5 rings (SSSR count). The summed E-state index contributed by atoms with van der Waals surface area (Å²) in [6.45, 7) is 2.42. The van der Waals surface area contributed by atoms with E-state index in [1.165, 1.54) is 0 Å². The highest BCUT2D eigenvalue weighted by Gasteiger charge is 2.18. The van der Waals surface area contributed by atoms with Gasteiger partial charge in [0.2, 0.25) is 5.88 Å². The fourth-order valence-corrected chi connectivity index (χ4v) is 4.59. The average molecular weight is 521 g/mol. The number of anilines is 1. The molecule has 0 aliphatic heterocycles. The summed E-state index contributed by atoms with van der Waals surface area (Å²) in [6, 6.07) is 13.5. The summed E-state index contributed by atoms with van der Waals surface area (Å²) in [6.07, 6.45) is 6.21. The molecule has 0 saturated heterocycles. The Morgan fingerprint density at radius 1 is 1.03 bits per heavy atom. The van der Waals surface area contributed by atoms with Gasteiger partial charge in [0.05, 0.1) is 40.6 Å². The highest BCUT2D eigenvalue weighted by atomic mass is 35.5. The smallest absolute Gasteiger partial charge is 0.237 e. The Kier molecular flexibility index (Phi) is 6.88. The van der Waals surface area contributed by atoms with Crippen molar-refractivity contribution in [1.29, 1.82) is 0 Å². The third-order valence-corrected chi connectivity index (χ3v) is 6.25. The van der Waals surface area contributed by atoms with Crippen LogP contribution in [0.4, 0.5) is 5.69 Å². The molecule has 0 radical (unpaired) electrons. The van der Waals surface area contributed by atoms with E-state index in [0.717, 1.165) is 33.5 Å². The summed E-state index contributed by atoms with van der Waals surface area (Å²) < 4.78 is 11.6. The van der Waals surface area contributed by atoms with Gasteiger partial charge in [-0.25, -0.2) is 4.98 Å². The zero-order valence-corrected chi connectivity index (χ0v) is 21.0. The summed E-state index contributed by atoms with van der Waals surface area (Å²) in [5.41, 5.74) is 4.74. The molecular weight excluding hydrogens is 499 g/mol. The number of hydrogen-bond donors (Lipinski definition) is 2. The number of benzene rings is 1. The SMILES string of the molecule is COc1ncc(-c2n[nH]c3ccc(O[C@H](C)c4c(Cl)cncc4Cl)cc23)cc1NCc1ccccn1. The Morgan fingerprint density at radius 2 is 1.86 bits per heavy atom. The summed E-state index contributed by atoms with van der Waals surface area (Å²) in [4.78, 5) is 12.8. The molecule has 5 aromatic rings. The quantitative estimate of drug-likeness (QED) is 0.241. The van der Waals surface area contributed by atoms with Crippen LogP contribution < -0.4 is 14.8 Å². The van der Waals surface area contributed by atoms with Crippen LogP contribution >= 0.6 is 23.2 Å². The number of pyridine rings is 3. The molecule has 0 spiro atoms. The van der Waals surface area contributed by atoms with Crippen molar-refractivity contribution in [3.05, 3.63) is 88.6 Å². The van der Waals surface area contributed by atoms with Crippen LogP contribution in [0.2, 0.25) is 10.0 Å². The number of aromatic amines is 1. The van der Waals surface area contributed by atoms with Gasteiger partial charge in [-0.1, -0.05) is 29.3 Å². The lowest BCUT2D eigenvalue weighted by Crippen LogP contribution is -2.05. The monoisotopic (exact) mass is 520 g/mol. The minimum Gasteiger partial charge on any atom is -0.486 e. The zero-order valence-electron chi connectivity index (χ0n) is 19.5. The van der Waals surface area contributed by atoms with Gasteiger partial charge in [-0.15, -0.1) is 0 Å². The zero-order chi connectivity index (χ0) is 25.1. The molecule has 2 N–H and O–H groups in total. The van der Waals surface area contributed by atoms with Crippen molar-refractivity contribution < 1.29 is 9.47 Å². The van der Waals surface area contributed by atoms with Gasteiger partial charge in [0.15, 0.2) is 0 Å². The largest absolute Gasteiger partial charge is 0.486 e. The van der Waals surface area contributed by atoms with E-state index < -0.39 is 0 Å². The summed E-state index contributed by atoms with van der Waals surface area (Å²) >= 11 is 12.6. The van der Waals surface area contributed by atoms with E-state index in [0.29, 0.717) is 33.8 Å². The number of nitrogens with zero attached hydrogens (tertiary/aromatic N) is 4. The van der Waals surface area contributed by atoms with Gasteiger partial charge >= 0.3 is 0 Å². The number of aromatic nitrogens is 5. The lowest BCUT2D eigenvalue weighted by atomic mass is 10.1. The molecular formula is C26H22Cl2N6O2. The molecule has 0 aliphatic rings. The Balaban J connectivity index is 1.44. The molecule has 0 amide bonds. The molecule has 182 valence electrons. The number of hydrogen-bond acceptors (Lipinski definition) is 7. The van der Waals surface area contributed by atoms with E-state index in [-0.39, 0.29) is 6.10 Å². The topological polar surface area (TPSA) is 97.8 Å². The Labute approximate surface area is 217 Å². The first-order valence-electron chi connectivity index (χ1n) is 11.2. The van der Waals surface area contributed by atoms with Gasteiger partial charge in [0, 0.05) is 41.3 Å². The van der Waals surface area contributed by atoms with Crippen LogP contribution in [0, 0.1) is 0 Å². The first-order valence-corrected chi connectivity index (χ1v) is 11.9. The summed E-state index contributed by atoms with van der Waals surface area (Å²) in [5, 5.41) is 12.8. The van der Waals surface area contributed by atoms with Crippen molar-refractivity contribution in [1.82, 2.24) is 25.1 Å². The van der Waals surface area contributed by atoms with E-state index in [2.05, 4.69) is 30.5 Å². The van der Waals surface area contributed by atoms with Crippen LogP contribution in [0.5, 0.6) is 11.6 Å². The lowest BCUT2D eigenvalue weighted by Gasteiger charge is -2.17. The number of halogens is 2. The minimum atomic E-state index is -0.383. The van der Waals surface area contributed by atoms with Gasteiger partial charge in [0.25, 0.3) is 0 Å². The summed E-state index contributed by atoms with van der Waals surface area (Å²) in [5.74, 6) is 1.13. The van der Waals surface area contributed by atoms with Gasteiger partial charge in [-0.05, 0) is 43.3 Å². The third kappa shape index (κ3) is 4.91. The minimum absolute atomic E-state index is 0.383. The van der Waals surface area contributed by atoms with Crippen LogP contribution in [0.1, 0.15) is 24.3 Å². The number of H-pyrrole nitrogens is 1. The predicted molar refractivity (Wildman–Crippen MR) is 141 cm³/mol. The van der Waals surface area contributed by atoms with Gasteiger partial charge in [-0.3, -0.25) is 15.1 Å². The second kappa shape index (κ2) is 10.4. The highest BCUT2D eigenvalue weighted by molar-refractivity contribution is 6.35. The van der Waals surface area contributed by atoms with Gasteiger partial charge in [-0.2, -0.15) is 5.10 Å². The van der Waals surface area contributed by atoms with Crippen LogP contribution in [0.15, 0.2) is 67.3 Å². The second-order valence-electron chi connectivity index (χ2n) is 8.01. The first-order chi connectivity index (χ1) is 17.5. The van der Waals surface area contributed by atoms with E-state index in [1.54, 1.807) is 31.9 Å². The number of nitrogens with one attached hydrogen (secondary N) is 2. The fraction of sp³-hybridized carbons (Fsp3) is 0.154. The normalized spacial score (nSPS) is 11.9. The third-order valence-electron chi connectivity index (χ3n) is 5.65. The number of rotatable bonds is 8. The maximum absolute atomic E-state index is 6.31. The molecule has 8 nitrogen and oxygen atoms in total. The molecule has 36 heavy (non-hydrogen) atoms. The number of fused-ring (bicyclic) bond motifs is 1. The van der Waals surface area contributed by atoms with Crippen molar-refractivity contribution in [2.75, 3.05) is 12.4 Å². The number of ether oxygens (including phenoxy) is 2. The van der Waals surface area contributed by atoms with Crippen molar-refractivity contribution in [2.24, 2.45) is 0 Å².